The van der Waals surface area contributed by atoms with E-state index in [9.17, 15) is 4.79 Å². The predicted molar refractivity (Wildman–Crippen MR) is 101 cm³/mol. The standard InChI is InChI=1S/C20H15BrOS/c21-18-9-5-4-8-16(18)10-12-19(22)20-13-11-17(23-20)14-15-6-2-1-3-7-15/h1-13H,14H2/b12-10+. The van der Waals surface area contributed by atoms with Crippen LogP contribution in [0.15, 0.2) is 77.3 Å². The van der Waals surface area contributed by atoms with Gasteiger partial charge in [-0.1, -0.05) is 64.5 Å². The van der Waals surface area contributed by atoms with Crippen LogP contribution < -0.4 is 0 Å². The van der Waals surface area contributed by atoms with E-state index in [1.807, 2.05) is 60.7 Å². The molecule has 0 unspecified atom stereocenters. The van der Waals surface area contributed by atoms with Crippen LogP contribution in [0.25, 0.3) is 6.08 Å². The second-order valence-electron chi connectivity index (χ2n) is 5.15. The highest BCUT2D eigenvalue weighted by Crippen LogP contribution is 2.22. The van der Waals surface area contributed by atoms with E-state index in [1.165, 1.54) is 10.4 Å². The summed E-state index contributed by atoms with van der Waals surface area (Å²) in [5.41, 5.74) is 2.26. The summed E-state index contributed by atoms with van der Waals surface area (Å²) in [6.45, 7) is 0. The van der Waals surface area contributed by atoms with Crippen LogP contribution in [0.2, 0.25) is 0 Å². The number of benzene rings is 2. The lowest BCUT2D eigenvalue weighted by Gasteiger charge is -1.97. The maximum Gasteiger partial charge on any atom is 0.195 e. The Bertz CT molecular complexity index is 834. The lowest BCUT2D eigenvalue weighted by Crippen LogP contribution is -1.89. The zero-order valence-electron chi connectivity index (χ0n) is 12.4. The van der Waals surface area contributed by atoms with E-state index in [4.69, 9.17) is 0 Å². The molecule has 0 radical (unpaired) electrons. The number of ketones is 1. The third-order valence-corrected chi connectivity index (χ3v) is 5.27. The lowest BCUT2D eigenvalue weighted by molar-refractivity contribution is 0.105. The third-order valence-electron chi connectivity index (χ3n) is 3.45. The predicted octanol–water partition coefficient (Wildman–Crippen LogP) is 6.00. The van der Waals surface area contributed by atoms with Gasteiger partial charge in [0.25, 0.3) is 0 Å². The fraction of sp³-hybridized carbons (Fsp3) is 0.0500. The van der Waals surface area contributed by atoms with E-state index in [0.29, 0.717) is 0 Å². The van der Waals surface area contributed by atoms with Crippen LogP contribution in [0.1, 0.15) is 25.7 Å². The quantitative estimate of drug-likeness (QED) is 0.390. The van der Waals surface area contributed by atoms with E-state index in [1.54, 1.807) is 17.4 Å². The first-order chi connectivity index (χ1) is 11.2. The molecule has 23 heavy (non-hydrogen) atoms. The Kier molecular flexibility index (Phi) is 5.21. The number of allylic oxidation sites excluding steroid dienone is 1. The van der Waals surface area contributed by atoms with Gasteiger partial charge >= 0.3 is 0 Å². The van der Waals surface area contributed by atoms with Gasteiger partial charge in [-0.25, -0.2) is 0 Å². The Morgan fingerprint density at radius 3 is 2.48 bits per heavy atom. The van der Waals surface area contributed by atoms with E-state index in [2.05, 4.69) is 28.1 Å². The SMILES string of the molecule is O=C(/C=C/c1ccccc1Br)c1ccc(Cc2ccccc2)s1. The number of carbonyl (C=O) groups is 1. The molecule has 0 atom stereocenters. The summed E-state index contributed by atoms with van der Waals surface area (Å²) in [5, 5.41) is 0. The molecule has 1 nitrogen and oxygen atoms in total. The first kappa shape index (κ1) is 15.9. The van der Waals surface area contributed by atoms with Crippen LogP contribution in [0.3, 0.4) is 0 Å². The van der Waals surface area contributed by atoms with Gasteiger partial charge in [-0.05, 0) is 41.5 Å². The molecule has 3 aromatic rings. The summed E-state index contributed by atoms with van der Waals surface area (Å²) in [5.74, 6) is 0.0464. The van der Waals surface area contributed by atoms with Crippen molar-refractivity contribution in [1.82, 2.24) is 0 Å². The van der Waals surface area contributed by atoms with Gasteiger partial charge in [0.2, 0.25) is 0 Å². The van der Waals surface area contributed by atoms with Gasteiger partial charge < -0.3 is 0 Å². The van der Waals surface area contributed by atoms with Crippen molar-refractivity contribution < 1.29 is 4.79 Å². The van der Waals surface area contributed by atoms with Gasteiger partial charge in [-0.2, -0.15) is 0 Å². The molecule has 1 aromatic heterocycles. The maximum atomic E-state index is 12.3. The van der Waals surface area contributed by atoms with Gasteiger partial charge in [0, 0.05) is 15.8 Å². The molecule has 0 spiro atoms. The van der Waals surface area contributed by atoms with Crippen molar-refractivity contribution in [2.24, 2.45) is 0 Å². The van der Waals surface area contributed by atoms with Gasteiger partial charge in [0.05, 0.1) is 4.88 Å². The lowest BCUT2D eigenvalue weighted by atomic mass is 10.1. The molecule has 3 heteroatoms. The molecule has 0 aliphatic heterocycles. The van der Waals surface area contributed by atoms with Gasteiger partial charge in [-0.3, -0.25) is 4.79 Å². The van der Waals surface area contributed by atoms with Crippen molar-refractivity contribution in [1.29, 1.82) is 0 Å². The molecular weight excluding hydrogens is 368 g/mol. The molecule has 0 N–H and O–H groups in total. The summed E-state index contributed by atoms with van der Waals surface area (Å²) in [6, 6.07) is 22.1. The van der Waals surface area contributed by atoms with Crippen molar-refractivity contribution in [2.75, 3.05) is 0 Å². The Hall–Kier alpha value is -1.97. The molecule has 3 rings (SSSR count). The second-order valence-corrected chi connectivity index (χ2v) is 7.17. The fourth-order valence-corrected chi connectivity index (χ4v) is 3.64. The van der Waals surface area contributed by atoms with Crippen molar-refractivity contribution >= 4 is 39.1 Å². The molecule has 0 aliphatic carbocycles. The molecule has 114 valence electrons. The number of hydrogen-bond acceptors (Lipinski definition) is 2. The molecule has 0 amide bonds. The Labute approximate surface area is 148 Å². The van der Waals surface area contributed by atoms with E-state index in [0.717, 1.165) is 21.3 Å². The molecule has 2 aromatic carbocycles. The van der Waals surface area contributed by atoms with Crippen LogP contribution in [0, 0.1) is 0 Å². The van der Waals surface area contributed by atoms with E-state index in [-0.39, 0.29) is 5.78 Å². The Balaban J connectivity index is 1.70. The Morgan fingerprint density at radius 1 is 0.957 bits per heavy atom. The first-order valence-corrected chi connectivity index (χ1v) is 8.93. The van der Waals surface area contributed by atoms with E-state index >= 15 is 0 Å². The highest BCUT2D eigenvalue weighted by Gasteiger charge is 2.07. The van der Waals surface area contributed by atoms with Crippen molar-refractivity contribution in [3.8, 4) is 0 Å². The first-order valence-electron chi connectivity index (χ1n) is 7.32. The van der Waals surface area contributed by atoms with Crippen LogP contribution >= 0.6 is 27.3 Å². The Morgan fingerprint density at radius 2 is 1.70 bits per heavy atom. The number of halogens is 1. The van der Waals surface area contributed by atoms with Crippen LogP contribution in [-0.2, 0) is 6.42 Å². The monoisotopic (exact) mass is 382 g/mol. The largest absolute Gasteiger partial charge is 0.288 e. The number of carbonyl (C=O) groups excluding carboxylic acids is 1. The number of rotatable bonds is 5. The average molecular weight is 383 g/mol. The highest BCUT2D eigenvalue weighted by molar-refractivity contribution is 9.10. The van der Waals surface area contributed by atoms with Gasteiger partial charge in [0.1, 0.15) is 0 Å². The van der Waals surface area contributed by atoms with Crippen LogP contribution in [-0.4, -0.2) is 5.78 Å². The van der Waals surface area contributed by atoms with Gasteiger partial charge in [0.15, 0.2) is 5.78 Å². The molecular formula is C20H15BrOS. The average Bonchev–Trinajstić information content (AvgIpc) is 3.03. The second kappa shape index (κ2) is 7.53. The van der Waals surface area contributed by atoms with Gasteiger partial charge in [-0.15, -0.1) is 11.3 Å². The maximum absolute atomic E-state index is 12.3. The summed E-state index contributed by atoms with van der Waals surface area (Å²) in [7, 11) is 0. The van der Waals surface area contributed by atoms with Crippen LogP contribution in [0.5, 0.6) is 0 Å². The molecule has 0 saturated carbocycles. The number of thiophene rings is 1. The molecule has 0 fully saturated rings. The number of hydrogen-bond donors (Lipinski definition) is 0. The molecule has 1 heterocycles. The minimum absolute atomic E-state index is 0.0464. The van der Waals surface area contributed by atoms with Crippen molar-refractivity contribution in [2.45, 2.75) is 6.42 Å². The summed E-state index contributed by atoms with van der Waals surface area (Å²) in [4.78, 5) is 14.3. The van der Waals surface area contributed by atoms with E-state index < -0.39 is 0 Å². The zero-order chi connectivity index (χ0) is 16.1. The minimum Gasteiger partial charge on any atom is -0.288 e. The molecule has 0 saturated heterocycles. The third kappa shape index (κ3) is 4.27. The zero-order valence-corrected chi connectivity index (χ0v) is 14.8. The molecule has 0 aliphatic rings. The van der Waals surface area contributed by atoms with Crippen LogP contribution in [0.4, 0.5) is 0 Å². The molecule has 0 bridgehead atoms. The summed E-state index contributed by atoms with van der Waals surface area (Å²) >= 11 is 5.05. The topological polar surface area (TPSA) is 17.1 Å². The fourth-order valence-electron chi connectivity index (χ4n) is 2.26. The highest BCUT2D eigenvalue weighted by atomic mass is 79.9. The smallest absolute Gasteiger partial charge is 0.195 e. The summed E-state index contributed by atoms with van der Waals surface area (Å²) in [6.07, 6.45) is 4.36. The minimum atomic E-state index is 0.0464. The van der Waals surface area contributed by atoms with Crippen molar-refractivity contribution in [3.63, 3.8) is 0 Å². The normalized spacial score (nSPS) is 11.0. The van der Waals surface area contributed by atoms with Crippen molar-refractivity contribution in [3.05, 3.63) is 98.2 Å². The summed E-state index contributed by atoms with van der Waals surface area (Å²) < 4.78 is 0.986.